The lowest BCUT2D eigenvalue weighted by molar-refractivity contribution is -0.222. The maximum Gasteiger partial charge on any atom is 0.418 e. The molecular formula is C15H10BrF3N2O4. The van der Waals surface area contributed by atoms with Crippen molar-refractivity contribution < 1.29 is 32.2 Å². The van der Waals surface area contributed by atoms with Gasteiger partial charge in [-0.15, -0.1) is 0 Å². The molecule has 2 rings (SSSR count). The fourth-order valence-corrected chi connectivity index (χ4v) is 2.54. The van der Waals surface area contributed by atoms with E-state index in [2.05, 4.69) is 21.2 Å². The molecule has 1 aliphatic heterocycles. The number of anilines is 1. The van der Waals surface area contributed by atoms with Crippen molar-refractivity contribution in [1.82, 2.24) is 0 Å². The first-order valence-electron chi connectivity index (χ1n) is 6.69. The third-order valence-electron chi connectivity index (χ3n) is 3.00. The molecule has 0 unspecified atom stereocenters. The van der Waals surface area contributed by atoms with Crippen LogP contribution in [0.15, 0.2) is 28.4 Å². The Labute approximate surface area is 148 Å². The number of hydrogen-bond acceptors (Lipinski definition) is 6. The van der Waals surface area contributed by atoms with E-state index >= 15 is 0 Å². The molecule has 1 aliphatic rings. The molecule has 1 fully saturated rings. The van der Waals surface area contributed by atoms with Gasteiger partial charge in [-0.05, 0) is 28.1 Å². The Balaban J connectivity index is 2.43. The lowest BCUT2D eigenvalue weighted by Gasteiger charge is -2.29. The van der Waals surface area contributed by atoms with Crippen molar-refractivity contribution in [2.45, 2.75) is 25.8 Å². The summed E-state index contributed by atoms with van der Waals surface area (Å²) < 4.78 is 49.2. The second-order valence-electron chi connectivity index (χ2n) is 5.37. The zero-order valence-electron chi connectivity index (χ0n) is 12.8. The minimum atomic E-state index is -4.77. The van der Waals surface area contributed by atoms with Crippen LogP contribution in [0.3, 0.4) is 0 Å². The third-order valence-corrected chi connectivity index (χ3v) is 3.63. The standard InChI is InChI=1S/C15H10BrF3N2O4/c1-14(2)24-12(22)8(13(23)25-14)6-21-11-9(15(17,18)19)3-7(5-20)4-10(11)16/h3-4,6,21H,1-2H3. The maximum absolute atomic E-state index is 13.2. The number of alkyl halides is 3. The van der Waals surface area contributed by atoms with E-state index < -0.39 is 40.7 Å². The van der Waals surface area contributed by atoms with Crippen molar-refractivity contribution in [1.29, 1.82) is 5.26 Å². The molecule has 0 aliphatic carbocycles. The Morgan fingerprint density at radius 2 is 1.80 bits per heavy atom. The van der Waals surface area contributed by atoms with Crippen LogP contribution in [0.25, 0.3) is 0 Å². The minimum absolute atomic E-state index is 0.0754. The number of ether oxygens (including phenoxy) is 2. The summed E-state index contributed by atoms with van der Waals surface area (Å²) >= 11 is 2.93. The summed E-state index contributed by atoms with van der Waals surface area (Å²) in [7, 11) is 0. The molecule has 1 aromatic rings. The molecule has 6 nitrogen and oxygen atoms in total. The van der Waals surface area contributed by atoms with Crippen LogP contribution in [0, 0.1) is 11.3 Å². The number of nitrogens with one attached hydrogen (secondary N) is 1. The van der Waals surface area contributed by atoms with Crippen LogP contribution in [0.5, 0.6) is 0 Å². The summed E-state index contributed by atoms with van der Waals surface area (Å²) in [6.45, 7) is 2.68. The van der Waals surface area contributed by atoms with Crippen LogP contribution >= 0.6 is 15.9 Å². The number of benzene rings is 1. The predicted octanol–water partition coefficient (Wildman–Crippen LogP) is 3.47. The van der Waals surface area contributed by atoms with E-state index in [1.165, 1.54) is 13.8 Å². The fourth-order valence-electron chi connectivity index (χ4n) is 1.96. The van der Waals surface area contributed by atoms with E-state index in [1.54, 1.807) is 6.07 Å². The second kappa shape index (κ2) is 6.40. The summed E-state index contributed by atoms with van der Waals surface area (Å²) in [5.74, 6) is -3.53. The smallest absolute Gasteiger partial charge is 0.418 e. The van der Waals surface area contributed by atoms with Crippen LogP contribution in [-0.2, 0) is 25.2 Å². The first kappa shape index (κ1) is 18.8. The van der Waals surface area contributed by atoms with Gasteiger partial charge in [-0.1, -0.05) is 0 Å². The fraction of sp³-hybridized carbons (Fsp3) is 0.267. The second-order valence-corrected chi connectivity index (χ2v) is 6.23. The van der Waals surface area contributed by atoms with Crippen molar-refractivity contribution in [3.8, 4) is 6.07 Å². The van der Waals surface area contributed by atoms with E-state index in [1.807, 2.05) is 0 Å². The van der Waals surface area contributed by atoms with Crippen molar-refractivity contribution in [3.05, 3.63) is 39.5 Å². The molecular weight excluding hydrogens is 409 g/mol. The number of esters is 2. The summed E-state index contributed by atoms with van der Waals surface area (Å²) in [5, 5.41) is 11.1. The van der Waals surface area contributed by atoms with Crippen LogP contribution in [-0.4, -0.2) is 17.7 Å². The highest BCUT2D eigenvalue weighted by atomic mass is 79.9. The van der Waals surface area contributed by atoms with Crippen LogP contribution in [0.4, 0.5) is 18.9 Å². The zero-order valence-corrected chi connectivity index (χ0v) is 14.4. The van der Waals surface area contributed by atoms with Gasteiger partial charge in [0.05, 0.1) is 22.9 Å². The molecule has 1 saturated heterocycles. The zero-order chi connectivity index (χ0) is 19.0. The molecule has 0 amide bonds. The molecule has 132 valence electrons. The molecule has 0 bridgehead atoms. The molecule has 1 aromatic carbocycles. The Hall–Kier alpha value is -2.54. The maximum atomic E-state index is 13.2. The number of carbonyl (C=O) groups is 2. The Morgan fingerprint density at radius 3 is 2.28 bits per heavy atom. The van der Waals surface area contributed by atoms with Crippen molar-refractivity contribution >= 4 is 33.6 Å². The van der Waals surface area contributed by atoms with Crippen LogP contribution in [0.2, 0.25) is 0 Å². The number of cyclic esters (lactones) is 2. The molecule has 25 heavy (non-hydrogen) atoms. The van der Waals surface area contributed by atoms with Gasteiger partial charge < -0.3 is 14.8 Å². The predicted molar refractivity (Wildman–Crippen MR) is 81.8 cm³/mol. The SMILES string of the molecule is CC1(C)OC(=O)C(=CNc2c(Br)cc(C#N)cc2C(F)(F)F)C(=O)O1. The van der Waals surface area contributed by atoms with Crippen molar-refractivity contribution in [3.63, 3.8) is 0 Å². The van der Waals surface area contributed by atoms with E-state index in [0.29, 0.717) is 6.07 Å². The van der Waals surface area contributed by atoms with Crippen LogP contribution in [0.1, 0.15) is 25.0 Å². The van der Waals surface area contributed by atoms with Gasteiger partial charge in [0.15, 0.2) is 5.57 Å². The van der Waals surface area contributed by atoms with Gasteiger partial charge in [-0.2, -0.15) is 18.4 Å². The monoisotopic (exact) mass is 418 g/mol. The van der Waals surface area contributed by atoms with E-state index in [4.69, 9.17) is 14.7 Å². The van der Waals surface area contributed by atoms with E-state index in [9.17, 15) is 22.8 Å². The number of rotatable bonds is 2. The molecule has 1 N–H and O–H groups in total. The molecule has 1 heterocycles. The van der Waals surface area contributed by atoms with Gasteiger partial charge in [-0.25, -0.2) is 9.59 Å². The average molecular weight is 419 g/mol. The van der Waals surface area contributed by atoms with Gasteiger partial charge in [0.2, 0.25) is 0 Å². The summed E-state index contributed by atoms with van der Waals surface area (Å²) in [5.41, 5.74) is -2.42. The molecule has 0 spiro atoms. The normalized spacial score (nSPS) is 16.6. The highest BCUT2D eigenvalue weighted by Gasteiger charge is 2.39. The Kier molecular flexibility index (Phi) is 4.81. The quantitative estimate of drug-likeness (QED) is 0.449. The summed E-state index contributed by atoms with van der Waals surface area (Å²) in [6.07, 6.45) is -4.01. The van der Waals surface area contributed by atoms with Gasteiger partial charge in [0, 0.05) is 24.5 Å². The Bertz CT molecular complexity index is 803. The van der Waals surface area contributed by atoms with E-state index in [-0.39, 0.29) is 10.0 Å². The van der Waals surface area contributed by atoms with Crippen molar-refractivity contribution in [2.24, 2.45) is 0 Å². The molecule has 0 saturated carbocycles. The van der Waals surface area contributed by atoms with Gasteiger partial charge >= 0.3 is 18.1 Å². The first-order valence-corrected chi connectivity index (χ1v) is 7.48. The number of nitriles is 1. The third kappa shape index (κ3) is 4.11. The molecule has 0 radical (unpaired) electrons. The number of halogens is 4. The number of hydrogen-bond donors (Lipinski definition) is 1. The minimum Gasteiger partial charge on any atom is -0.419 e. The average Bonchev–Trinajstić information content (AvgIpc) is 2.44. The molecule has 10 heteroatoms. The lowest BCUT2D eigenvalue weighted by atomic mass is 10.1. The van der Waals surface area contributed by atoms with Gasteiger partial charge in [0.25, 0.3) is 5.79 Å². The highest BCUT2D eigenvalue weighted by molar-refractivity contribution is 9.10. The largest absolute Gasteiger partial charge is 0.419 e. The van der Waals surface area contributed by atoms with E-state index in [0.717, 1.165) is 12.3 Å². The van der Waals surface area contributed by atoms with Crippen LogP contribution < -0.4 is 5.32 Å². The highest BCUT2D eigenvalue weighted by Crippen LogP contribution is 2.40. The molecule has 0 atom stereocenters. The first-order chi connectivity index (χ1) is 11.4. The Morgan fingerprint density at radius 1 is 1.24 bits per heavy atom. The number of carbonyl (C=O) groups excluding carboxylic acids is 2. The lowest BCUT2D eigenvalue weighted by Crippen LogP contribution is -2.42. The summed E-state index contributed by atoms with van der Waals surface area (Å²) in [4.78, 5) is 23.6. The van der Waals surface area contributed by atoms with Gasteiger partial charge in [-0.3, -0.25) is 0 Å². The summed E-state index contributed by atoms with van der Waals surface area (Å²) in [6, 6.07) is 3.42. The molecule has 0 aromatic heterocycles. The topological polar surface area (TPSA) is 88.4 Å². The number of nitrogens with zero attached hydrogens (tertiary/aromatic N) is 1. The van der Waals surface area contributed by atoms with Gasteiger partial charge in [0.1, 0.15) is 0 Å². The van der Waals surface area contributed by atoms with Crippen molar-refractivity contribution in [2.75, 3.05) is 5.32 Å².